The highest BCUT2D eigenvalue weighted by Gasteiger charge is 2.36. The molecule has 0 radical (unpaired) electrons. The summed E-state index contributed by atoms with van der Waals surface area (Å²) in [5.74, 6) is 1.07. The molecular formula is C10H17NO2S. The Bertz CT molecular complexity index is 220. The van der Waals surface area contributed by atoms with Crippen molar-refractivity contribution in [3.8, 4) is 0 Å². The van der Waals surface area contributed by atoms with Gasteiger partial charge < -0.3 is 9.64 Å². The summed E-state index contributed by atoms with van der Waals surface area (Å²) in [5, 5.41) is 0.664. The number of methoxy groups -OCH3 is 1. The monoisotopic (exact) mass is 215 g/mol. The SMILES string of the molecule is COC(=O)N1CCSC2CCCCC21. The summed E-state index contributed by atoms with van der Waals surface area (Å²) < 4.78 is 4.82. The lowest BCUT2D eigenvalue weighted by Crippen LogP contribution is -2.51. The van der Waals surface area contributed by atoms with Gasteiger partial charge in [-0.15, -0.1) is 0 Å². The highest BCUT2D eigenvalue weighted by Crippen LogP contribution is 2.35. The van der Waals surface area contributed by atoms with Gasteiger partial charge in [-0.1, -0.05) is 12.8 Å². The maximum absolute atomic E-state index is 11.5. The average Bonchev–Trinajstić information content (AvgIpc) is 2.27. The summed E-state index contributed by atoms with van der Waals surface area (Å²) in [6.45, 7) is 0.860. The predicted molar refractivity (Wildman–Crippen MR) is 57.6 cm³/mol. The highest BCUT2D eigenvalue weighted by molar-refractivity contribution is 8.00. The molecule has 1 aliphatic carbocycles. The molecule has 4 heteroatoms. The molecule has 2 rings (SSSR count). The Balaban J connectivity index is 2.04. The predicted octanol–water partition coefficient (Wildman–Crippen LogP) is 2.11. The van der Waals surface area contributed by atoms with E-state index in [0.29, 0.717) is 11.3 Å². The minimum Gasteiger partial charge on any atom is -0.453 e. The molecule has 1 saturated carbocycles. The van der Waals surface area contributed by atoms with Crippen LogP contribution in [0.1, 0.15) is 25.7 Å². The van der Waals surface area contributed by atoms with E-state index < -0.39 is 0 Å². The van der Waals surface area contributed by atoms with E-state index in [1.165, 1.54) is 26.4 Å². The van der Waals surface area contributed by atoms with Crippen molar-refractivity contribution in [1.29, 1.82) is 0 Å². The molecule has 1 amide bonds. The second-order valence-electron chi connectivity index (χ2n) is 3.92. The Morgan fingerprint density at radius 2 is 2.21 bits per heavy atom. The molecule has 0 N–H and O–H groups in total. The minimum absolute atomic E-state index is 0.137. The van der Waals surface area contributed by atoms with E-state index in [4.69, 9.17) is 4.74 Å². The molecular weight excluding hydrogens is 198 g/mol. The molecule has 1 saturated heterocycles. The van der Waals surface area contributed by atoms with Crippen LogP contribution in [0.4, 0.5) is 4.79 Å². The van der Waals surface area contributed by atoms with Gasteiger partial charge in [0.25, 0.3) is 0 Å². The van der Waals surface area contributed by atoms with Crippen LogP contribution in [-0.4, -0.2) is 41.7 Å². The molecule has 0 aromatic rings. The van der Waals surface area contributed by atoms with Gasteiger partial charge in [0.05, 0.1) is 7.11 Å². The van der Waals surface area contributed by atoms with Crippen molar-refractivity contribution in [1.82, 2.24) is 4.90 Å². The van der Waals surface area contributed by atoms with Crippen LogP contribution in [0, 0.1) is 0 Å². The van der Waals surface area contributed by atoms with E-state index >= 15 is 0 Å². The topological polar surface area (TPSA) is 29.5 Å². The van der Waals surface area contributed by atoms with Crippen molar-refractivity contribution in [3.63, 3.8) is 0 Å². The molecule has 14 heavy (non-hydrogen) atoms. The maximum atomic E-state index is 11.5. The van der Waals surface area contributed by atoms with E-state index in [0.717, 1.165) is 18.7 Å². The first-order chi connectivity index (χ1) is 6.83. The Morgan fingerprint density at radius 3 is 3.00 bits per heavy atom. The Kier molecular flexibility index (Phi) is 3.21. The summed E-state index contributed by atoms with van der Waals surface area (Å²) in [4.78, 5) is 13.4. The second kappa shape index (κ2) is 4.43. The number of rotatable bonds is 0. The number of carbonyl (C=O) groups excluding carboxylic acids is 1. The number of carbonyl (C=O) groups is 1. The molecule has 3 nitrogen and oxygen atoms in total. The third-order valence-electron chi connectivity index (χ3n) is 3.14. The Morgan fingerprint density at radius 1 is 1.43 bits per heavy atom. The van der Waals surface area contributed by atoms with Crippen molar-refractivity contribution in [3.05, 3.63) is 0 Å². The average molecular weight is 215 g/mol. The summed E-state index contributed by atoms with van der Waals surface area (Å²) >= 11 is 2.03. The van der Waals surface area contributed by atoms with Crippen LogP contribution >= 0.6 is 11.8 Å². The van der Waals surface area contributed by atoms with Crippen LogP contribution in [0.25, 0.3) is 0 Å². The lowest BCUT2D eigenvalue weighted by atomic mass is 9.93. The number of nitrogens with zero attached hydrogens (tertiary/aromatic N) is 1. The van der Waals surface area contributed by atoms with Gasteiger partial charge in [-0.05, 0) is 12.8 Å². The fraction of sp³-hybridized carbons (Fsp3) is 0.900. The second-order valence-corrected chi connectivity index (χ2v) is 5.27. The first kappa shape index (κ1) is 10.1. The number of fused-ring (bicyclic) bond motifs is 1. The maximum Gasteiger partial charge on any atom is 0.409 e. The van der Waals surface area contributed by atoms with Crippen LogP contribution in [-0.2, 0) is 4.74 Å². The van der Waals surface area contributed by atoms with Crippen LogP contribution in [0.3, 0.4) is 0 Å². The van der Waals surface area contributed by atoms with Gasteiger partial charge in [0.1, 0.15) is 0 Å². The molecule has 2 aliphatic rings. The van der Waals surface area contributed by atoms with Gasteiger partial charge in [-0.25, -0.2) is 4.79 Å². The molecule has 80 valence electrons. The van der Waals surface area contributed by atoms with Crippen molar-refractivity contribution < 1.29 is 9.53 Å². The van der Waals surface area contributed by atoms with Crippen LogP contribution < -0.4 is 0 Å². The van der Waals surface area contributed by atoms with Gasteiger partial charge in [0, 0.05) is 23.6 Å². The Hall–Kier alpha value is -0.380. The summed E-state index contributed by atoms with van der Waals surface area (Å²) in [5.41, 5.74) is 0. The van der Waals surface area contributed by atoms with Crippen LogP contribution in [0.15, 0.2) is 0 Å². The summed E-state index contributed by atoms with van der Waals surface area (Å²) in [6.07, 6.45) is 4.87. The van der Waals surface area contributed by atoms with E-state index in [1.54, 1.807) is 0 Å². The van der Waals surface area contributed by atoms with Crippen LogP contribution in [0.2, 0.25) is 0 Å². The van der Waals surface area contributed by atoms with Crippen molar-refractivity contribution in [2.45, 2.75) is 37.0 Å². The number of amides is 1. The molecule has 2 unspecified atom stereocenters. The van der Waals surface area contributed by atoms with Gasteiger partial charge in [-0.2, -0.15) is 11.8 Å². The van der Waals surface area contributed by atoms with E-state index in [-0.39, 0.29) is 6.09 Å². The van der Waals surface area contributed by atoms with E-state index in [2.05, 4.69) is 0 Å². The fourth-order valence-corrected chi connectivity index (χ4v) is 3.88. The molecule has 2 atom stereocenters. The summed E-state index contributed by atoms with van der Waals surface area (Å²) in [6, 6.07) is 0.440. The molecule has 0 spiro atoms. The number of ether oxygens (including phenoxy) is 1. The minimum atomic E-state index is -0.137. The van der Waals surface area contributed by atoms with Gasteiger partial charge in [0.15, 0.2) is 0 Å². The third-order valence-corrected chi connectivity index (χ3v) is 4.54. The van der Waals surface area contributed by atoms with Gasteiger partial charge in [-0.3, -0.25) is 0 Å². The molecule has 0 aromatic carbocycles. The van der Waals surface area contributed by atoms with Crippen LogP contribution in [0.5, 0.6) is 0 Å². The largest absolute Gasteiger partial charge is 0.453 e. The fourth-order valence-electron chi connectivity index (χ4n) is 2.44. The zero-order chi connectivity index (χ0) is 9.97. The highest BCUT2D eigenvalue weighted by atomic mass is 32.2. The first-order valence-corrected chi connectivity index (χ1v) is 6.34. The molecule has 1 aliphatic heterocycles. The lowest BCUT2D eigenvalue weighted by molar-refractivity contribution is 0.0965. The van der Waals surface area contributed by atoms with Gasteiger partial charge >= 0.3 is 6.09 Å². The van der Waals surface area contributed by atoms with E-state index in [9.17, 15) is 4.79 Å². The Labute approximate surface area is 89.2 Å². The molecule has 2 fully saturated rings. The van der Waals surface area contributed by atoms with E-state index in [1.807, 2.05) is 16.7 Å². The third kappa shape index (κ3) is 1.85. The molecule has 0 bridgehead atoms. The van der Waals surface area contributed by atoms with Crippen molar-refractivity contribution >= 4 is 17.9 Å². The normalized spacial score (nSPS) is 32.2. The van der Waals surface area contributed by atoms with Crippen molar-refractivity contribution in [2.75, 3.05) is 19.4 Å². The number of thioether (sulfide) groups is 1. The van der Waals surface area contributed by atoms with Crippen molar-refractivity contribution in [2.24, 2.45) is 0 Å². The van der Waals surface area contributed by atoms with Gasteiger partial charge in [0.2, 0.25) is 0 Å². The molecule has 1 heterocycles. The quantitative estimate of drug-likeness (QED) is 0.620. The lowest BCUT2D eigenvalue weighted by Gasteiger charge is -2.42. The smallest absolute Gasteiger partial charge is 0.409 e. The zero-order valence-corrected chi connectivity index (χ0v) is 9.39. The standard InChI is InChI=1S/C10H17NO2S/c1-13-10(12)11-6-7-14-9-5-3-2-4-8(9)11/h8-9H,2-7H2,1H3. The first-order valence-electron chi connectivity index (χ1n) is 5.29. The molecule has 0 aromatic heterocycles. The number of hydrogen-bond acceptors (Lipinski definition) is 3. The number of hydrogen-bond donors (Lipinski definition) is 0. The zero-order valence-electron chi connectivity index (χ0n) is 8.57. The summed E-state index contributed by atoms with van der Waals surface area (Å²) in [7, 11) is 1.47.